The summed E-state index contributed by atoms with van der Waals surface area (Å²) in [4.78, 5) is 10.8. The molecule has 0 amide bonds. The molecule has 82 valence electrons. The van der Waals surface area contributed by atoms with E-state index in [1.54, 1.807) is 0 Å². The predicted molar refractivity (Wildman–Crippen MR) is 64.2 cm³/mol. The molecule has 2 aromatic carbocycles. The Kier molecular flexibility index (Phi) is 3.32. The van der Waals surface area contributed by atoms with Crippen LogP contribution in [-0.4, -0.2) is 6.29 Å². The van der Waals surface area contributed by atoms with Gasteiger partial charge in [0.05, 0.1) is 0 Å². The summed E-state index contributed by atoms with van der Waals surface area (Å²) >= 11 is 0. The summed E-state index contributed by atoms with van der Waals surface area (Å²) in [6, 6.07) is 13.3. The van der Waals surface area contributed by atoms with Gasteiger partial charge < -0.3 is 0 Å². The summed E-state index contributed by atoms with van der Waals surface area (Å²) in [7, 11) is 0. The molecule has 0 heterocycles. The Balaban J connectivity index is 2.39. The monoisotopic (exact) mass is 224 g/mol. The van der Waals surface area contributed by atoms with Crippen LogP contribution in [0.5, 0.6) is 0 Å². The van der Waals surface area contributed by atoms with Crippen LogP contribution >= 0.6 is 0 Å². The third kappa shape index (κ3) is 2.79. The van der Waals surface area contributed by atoms with Gasteiger partial charge in [0, 0.05) is 16.7 Å². The Hall–Kier alpha value is -2.40. The molecule has 0 aliphatic heterocycles. The highest BCUT2D eigenvalue weighted by Crippen LogP contribution is 2.08. The van der Waals surface area contributed by atoms with Crippen molar-refractivity contribution in [3.05, 3.63) is 71.0 Å². The van der Waals surface area contributed by atoms with Crippen molar-refractivity contribution < 1.29 is 9.18 Å². The Morgan fingerprint density at radius 3 is 2.47 bits per heavy atom. The van der Waals surface area contributed by atoms with Gasteiger partial charge in [-0.1, -0.05) is 30.0 Å². The van der Waals surface area contributed by atoms with E-state index in [9.17, 15) is 9.18 Å². The first kappa shape index (κ1) is 11.1. The van der Waals surface area contributed by atoms with E-state index in [4.69, 9.17) is 0 Å². The largest absolute Gasteiger partial charge is 0.298 e. The van der Waals surface area contributed by atoms with Crippen LogP contribution in [-0.2, 0) is 0 Å². The predicted octanol–water partition coefficient (Wildman–Crippen LogP) is 3.04. The molecule has 0 aliphatic carbocycles. The molecule has 0 saturated heterocycles. The van der Waals surface area contributed by atoms with Crippen molar-refractivity contribution in [3.8, 4) is 11.8 Å². The quantitative estimate of drug-likeness (QED) is 0.537. The minimum atomic E-state index is -0.395. The fraction of sp³-hybridized carbons (Fsp3) is 0. The zero-order valence-corrected chi connectivity index (χ0v) is 8.98. The Bertz CT molecular complexity index is 591. The van der Waals surface area contributed by atoms with E-state index < -0.39 is 5.82 Å². The summed E-state index contributed by atoms with van der Waals surface area (Å²) in [5.41, 5.74) is 1.63. The van der Waals surface area contributed by atoms with E-state index in [-0.39, 0.29) is 0 Å². The minimum absolute atomic E-state index is 0.395. The Morgan fingerprint density at radius 2 is 1.76 bits per heavy atom. The number of carbonyl (C=O) groups is 1. The lowest BCUT2D eigenvalue weighted by Crippen LogP contribution is -1.88. The molecule has 2 rings (SSSR count). The maximum absolute atomic E-state index is 13.0. The molecule has 0 N–H and O–H groups in total. The summed E-state index contributed by atoms with van der Waals surface area (Å²) in [5.74, 6) is 5.29. The number of halogens is 1. The van der Waals surface area contributed by atoms with Crippen LogP contribution in [0, 0.1) is 17.7 Å². The lowest BCUT2D eigenvalue weighted by Gasteiger charge is -1.96. The van der Waals surface area contributed by atoms with E-state index >= 15 is 0 Å². The van der Waals surface area contributed by atoms with Crippen molar-refractivity contribution in [2.45, 2.75) is 0 Å². The van der Waals surface area contributed by atoms with Gasteiger partial charge in [-0.15, -0.1) is 0 Å². The van der Waals surface area contributed by atoms with Gasteiger partial charge in [-0.05, 0) is 30.3 Å². The number of hydrogen-bond acceptors (Lipinski definition) is 1. The van der Waals surface area contributed by atoms with Crippen LogP contribution in [0.4, 0.5) is 4.39 Å². The van der Waals surface area contributed by atoms with Gasteiger partial charge in [0.1, 0.15) is 5.82 Å². The number of benzene rings is 2. The van der Waals surface area contributed by atoms with Gasteiger partial charge in [-0.3, -0.25) is 4.79 Å². The molecule has 0 radical (unpaired) electrons. The second kappa shape index (κ2) is 5.09. The summed E-state index contributed by atoms with van der Waals surface area (Å²) in [5, 5.41) is 0. The molecular formula is C15H9FO. The number of hydrogen-bond donors (Lipinski definition) is 0. The maximum Gasteiger partial charge on any atom is 0.151 e. The van der Waals surface area contributed by atoms with Crippen molar-refractivity contribution in [1.29, 1.82) is 0 Å². The van der Waals surface area contributed by atoms with Crippen LogP contribution in [0.15, 0.2) is 48.5 Å². The molecule has 0 bridgehead atoms. The van der Waals surface area contributed by atoms with Crippen molar-refractivity contribution in [2.24, 2.45) is 0 Å². The van der Waals surface area contributed by atoms with E-state index in [2.05, 4.69) is 11.8 Å². The molecule has 0 aromatic heterocycles. The fourth-order valence-electron chi connectivity index (χ4n) is 1.40. The van der Waals surface area contributed by atoms with Crippen molar-refractivity contribution in [2.75, 3.05) is 0 Å². The maximum atomic E-state index is 13.0. The van der Waals surface area contributed by atoms with E-state index in [1.807, 2.05) is 30.3 Å². The SMILES string of the molecule is O=Cc1ccc(F)cc1C#Cc1ccccc1. The zero-order valence-electron chi connectivity index (χ0n) is 8.98. The zero-order chi connectivity index (χ0) is 12.1. The first-order valence-corrected chi connectivity index (χ1v) is 5.11. The minimum Gasteiger partial charge on any atom is -0.298 e. The molecule has 0 unspecified atom stereocenters. The highest BCUT2D eigenvalue weighted by Gasteiger charge is 1.99. The molecule has 2 heteroatoms. The molecule has 0 atom stereocenters. The average Bonchev–Trinajstić information content (AvgIpc) is 2.38. The molecular weight excluding hydrogens is 215 g/mol. The smallest absolute Gasteiger partial charge is 0.151 e. The summed E-state index contributed by atoms with van der Waals surface area (Å²) < 4.78 is 13.0. The van der Waals surface area contributed by atoms with Crippen LogP contribution in [0.2, 0.25) is 0 Å². The second-order valence-electron chi connectivity index (χ2n) is 3.47. The molecule has 0 fully saturated rings. The third-order valence-electron chi connectivity index (χ3n) is 2.26. The fourth-order valence-corrected chi connectivity index (χ4v) is 1.40. The van der Waals surface area contributed by atoms with Crippen LogP contribution < -0.4 is 0 Å². The summed E-state index contributed by atoms with van der Waals surface area (Å²) in [6.45, 7) is 0. The summed E-state index contributed by atoms with van der Waals surface area (Å²) in [6.07, 6.45) is 0.675. The molecule has 2 aromatic rings. The average molecular weight is 224 g/mol. The lowest BCUT2D eigenvalue weighted by molar-refractivity contribution is 0.112. The van der Waals surface area contributed by atoms with E-state index in [1.165, 1.54) is 18.2 Å². The van der Waals surface area contributed by atoms with Gasteiger partial charge >= 0.3 is 0 Å². The normalized spacial score (nSPS) is 9.24. The van der Waals surface area contributed by atoms with Crippen LogP contribution in [0.3, 0.4) is 0 Å². The van der Waals surface area contributed by atoms with Gasteiger partial charge in [0.25, 0.3) is 0 Å². The van der Waals surface area contributed by atoms with Crippen molar-refractivity contribution in [3.63, 3.8) is 0 Å². The molecule has 1 nitrogen and oxygen atoms in total. The molecule has 0 spiro atoms. The van der Waals surface area contributed by atoms with Crippen molar-refractivity contribution in [1.82, 2.24) is 0 Å². The first-order chi connectivity index (χ1) is 8.29. The van der Waals surface area contributed by atoms with Gasteiger partial charge in [-0.2, -0.15) is 0 Å². The topological polar surface area (TPSA) is 17.1 Å². The van der Waals surface area contributed by atoms with E-state index in [0.29, 0.717) is 17.4 Å². The highest BCUT2D eigenvalue weighted by molar-refractivity contribution is 5.79. The van der Waals surface area contributed by atoms with Crippen molar-refractivity contribution >= 4 is 6.29 Å². The molecule has 0 saturated carbocycles. The van der Waals surface area contributed by atoms with Gasteiger partial charge in [-0.25, -0.2) is 4.39 Å². The second-order valence-corrected chi connectivity index (χ2v) is 3.47. The first-order valence-electron chi connectivity index (χ1n) is 5.11. The molecule has 0 aliphatic rings. The number of rotatable bonds is 1. The third-order valence-corrected chi connectivity index (χ3v) is 2.26. The Labute approximate surface area is 98.9 Å². The van der Waals surface area contributed by atoms with Gasteiger partial charge in [0.2, 0.25) is 0 Å². The lowest BCUT2D eigenvalue weighted by atomic mass is 10.1. The highest BCUT2D eigenvalue weighted by atomic mass is 19.1. The van der Waals surface area contributed by atoms with E-state index in [0.717, 1.165) is 5.56 Å². The number of aldehydes is 1. The standard InChI is InChI=1S/C15H9FO/c16-15-9-8-14(11-17)13(10-15)7-6-12-4-2-1-3-5-12/h1-5,8-11H. The number of carbonyl (C=O) groups excluding carboxylic acids is 1. The van der Waals surface area contributed by atoms with Gasteiger partial charge in [0.15, 0.2) is 6.29 Å². The van der Waals surface area contributed by atoms with Crippen LogP contribution in [0.25, 0.3) is 0 Å². The molecule has 17 heavy (non-hydrogen) atoms. The Morgan fingerprint density at radius 1 is 1.00 bits per heavy atom. The van der Waals surface area contributed by atoms with Crippen LogP contribution in [0.1, 0.15) is 21.5 Å².